The molecule has 0 unspecified atom stereocenters. The van der Waals surface area contributed by atoms with E-state index in [1.54, 1.807) is 0 Å². The van der Waals surface area contributed by atoms with Crippen molar-refractivity contribution in [1.82, 2.24) is 10.3 Å². The fourth-order valence-electron chi connectivity index (χ4n) is 6.00. The van der Waals surface area contributed by atoms with Crippen LogP contribution in [-0.4, -0.2) is 49.0 Å². The third-order valence-electron chi connectivity index (χ3n) is 8.69. The summed E-state index contributed by atoms with van der Waals surface area (Å²) in [6, 6.07) is 10.5. The van der Waals surface area contributed by atoms with Gasteiger partial charge in [-0.25, -0.2) is 9.37 Å². The number of methoxy groups -OCH3 is 1. The van der Waals surface area contributed by atoms with E-state index in [0.717, 1.165) is 31.2 Å². The van der Waals surface area contributed by atoms with Crippen molar-refractivity contribution in [1.29, 1.82) is 0 Å². The number of halogens is 1. The molecule has 2 N–H and O–H groups in total. The first-order valence-corrected chi connectivity index (χ1v) is 16.2. The topological polar surface area (TPSA) is 114 Å². The number of benzene rings is 2. The molecule has 3 aromatic rings. The Morgan fingerprint density at radius 1 is 1.11 bits per heavy atom. The fourth-order valence-corrected chi connectivity index (χ4v) is 6.00. The highest BCUT2D eigenvalue weighted by molar-refractivity contribution is 6.06. The second-order valence-electron chi connectivity index (χ2n) is 12.2. The highest BCUT2D eigenvalue weighted by atomic mass is 19.1. The molecular weight excluding hydrogens is 587 g/mol. The van der Waals surface area contributed by atoms with Gasteiger partial charge in [0.05, 0.1) is 30.0 Å². The van der Waals surface area contributed by atoms with Crippen LogP contribution < -0.4 is 15.5 Å². The SMILES string of the molecule is CCCN(CC/C=C/c1ccccc1C)c1cc(F)c(C(=O)N[C@H]2CCC[C@@H](C(=O)OC)C2)cc1NC(=O)c1coc(C2CC2)n1. The van der Waals surface area contributed by atoms with Gasteiger partial charge in [0.1, 0.15) is 12.1 Å². The van der Waals surface area contributed by atoms with E-state index in [9.17, 15) is 14.4 Å². The van der Waals surface area contributed by atoms with E-state index in [-0.39, 0.29) is 35.1 Å². The van der Waals surface area contributed by atoms with Gasteiger partial charge in [-0.1, -0.05) is 49.8 Å². The molecule has 0 spiro atoms. The monoisotopic (exact) mass is 630 g/mol. The first-order chi connectivity index (χ1) is 22.3. The van der Waals surface area contributed by atoms with Crippen molar-refractivity contribution in [2.24, 2.45) is 5.92 Å². The molecule has 2 amide bonds. The molecular formula is C36H43FN4O5. The molecule has 2 atom stereocenters. The predicted molar refractivity (Wildman–Crippen MR) is 175 cm³/mol. The van der Waals surface area contributed by atoms with Gasteiger partial charge in [0, 0.05) is 31.1 Å². The third-order valence-corrected chi connectivity index (χ3v) is 8.69. The summed E-state index contributed by atoms with van der Waals surface area (Å²) in [5.74, 6) is -1.63. The number of nitrogens with one attached hydrogen (secondary N) is 2. The van der Waals surface area contributed by atoms with Gasteiger partial charge in [-0.15, -0.1) is 0 Å². The molecule has 0 radical (unpaired) electrons. The number of hydrogen-bond acceptors (Lipinski definition) is 7. The van der Waals surface area contributed by atoms with Crippen LogP contribution in [0.5, 0.6) is 0 Å². The number of ether oxygens (including phenoxy) is 1. The van der Waals surface area contributed by atoms with Crippen LogP contribution in [0.25, 0.3) is 6.08 Å². The Morgan fingerprint density at radius 3 is 2.65 bits per heavy atom. The van der Waals surface area contributed by atoms with Crippen molar-refractivity contribution in [3.63, 3.8) is 0 Å². The zero-order valence-electron chi connectivity index (χ0n) is 26.8. The minimum atomic E-state index is -0.695. The summed E-state index contributed by atoms with van der Waals surface area (Å²) < 4.78 is 26.2. The van der Waals surface area contributed by atoms with Gasteiger partial charge in [-0.2, -0.15) is 0 Å². The molecule has 2 fully saturated rings. The minimum absolute atomic E-state index is 0.127. The molecule has 0 saturated heterocycles. The molecule has 2 saturated carbocycles. The number of nitrogens with zero attached hydrogens (tertiary/aromatic N) is 2. The van der Waals surface area contributed by atoms with E-state index in [2.05, 4.69) is 46.8 Å². The summed E-state index contributed by atoms with van der Waals surface area (Å²) in [7, 11) is 1.35. The van der Waals surface area contributed by atoms with Crippen LogP contribution in [0.4, 0.5) is 15.8 Å². The molecule has 5 rings (SSSR count). The Hall–Kier alpha value is -4.47. The number of carbonyl (C=O) groups is 3. The standard InChI is InChI=1S/C36H43FN4O5/c1-4-17-41(18-8-7-12-24-11-6-5-10-23(24)2)32-21-29(37)28(33(42)38-27-14-9-13-26(19-27)36(44)45-3)20-30(32)39-34(43)31-22-46-35(40-31)25-15-16-25/h5-7,10-12,20-22,25-27H,4,8-9,13-19H2,1-3H3,(H,38,42)(H,39,43)/b12-7+/t26-,27+/m1/s1. The Morgan fingerprint density at radius 2 is 1.91 bits per heavy atom. The highest BCUT2D eigenvalue weighted by Gasteiger charge is 2.31. The summed E-state index contributed by atoms with van der Waals surface area (Å²) in [5, 5.41) is 5.80. The average molecular weight is 631 g/mol. The Labute approximate surface area is 269 Å². The molecule has 46 heavy (non-hydrogen) atoms. The zero-order valence-corrected chi connectivity index (χ0v) is 26.8. The van der Waals surface area contributed by atoms with Crippen LogP contribution >= 0.6 is 0 Å². The van der Waals surface area contributed by atoms with Gasteiger partial charge in [0.2, 0.25) is 0 Å². The van der Waals surface area contributed by atoms with Gasteiger partial charge in [-0.3, -0.25) is 14.4 Å². The van der Waals surface area contributed by atoms with Gasteiger partial charge >= 0.3 is 5.97 Å². The van der Waals surface area contributed by atoms with Gasteiger partial charge < -0.3 is 24.7 Å². The maximum atomic E-state index is 15.8. The lowest BCUT2D eigenvalue weighted by molar-refractivity contribution is -0.146. The zero-order chi connectivity index (χ0) is 32.6. The van der Waals surface area contributed by atoms with E-state index in [1.165, 1.54) is 31.1 Å². The number of aromatic nitrogens is 1. The van der Waals surface area contributed by atoms with Crippen molar-refractivity contribution < 1.29 is 27.9 Å². The molecule has 2 aromatic carbocycles. The summed E-state index contributed by atoms with van der Waals surface area (Å²) in [5.41, 5.74) is 3.03. The lowest BCUT2D eigenvalue weighted by atomic mass is 9.85. The first-order valence-electron chi connectivity index (χ1n) is 16.2. The number of oxazole rings is 1. The average Bonchev–Trinajstić information content (AvgIpc) is 3.79. The number of anilines is 2. The van der Waals surface area contributed by atoms with Crippen molar-refractivity contribution in [3.8, 4) is 0 Å². The molecule has 0 bridgehead atoms. The number of hydrogen-bond donors (Lipinski definition) is 2. The Balaban J connectivity index is 1.39. The molecule has 1 heterocycles. The fraction of sp³-hybridized carbons (Fsp3) is 0.444. The van der Waals surface area contributed by atoms with Gasteiger partial charge in [0.15, 0.2) is 11.6 Å². The summed E-state index contributed by atoms with van der Waals surface area (Å²) in [6.45, 7) is 5.27. The number of rotatable bonds is 13. The second-order valence-corrected chi connectivity index (χ2v) is 12.2. The molecule has 2 aliphatic rings. The van der Waals surface area contributed by atoms with Crippen LogP contribution in [0.2, 0.25) is 0 Å². The van der Waals surface area contributed by atoms with E-state index < -0.39 is 17.6 Å². The smallest absolute Gasteiger partial charge is 0.308 e. The predicted octanol–water partition coefficient (Wildman–Crippen LogP) is 7.03. The van der Waals surface area contributed by atoms with Crippen molar-refractivity contribution >= 4 is 35.2 Å². The van der Waals surface area contributed by atoms with Crippen molar-refractivity contribution in [3.05, 3.63) is 82.8 Å². The van der Waals surface area contributed by atoms with Crippen molar-refractivity contribution in [2.45, 2.75) is 77.2 Å². The number of esters is 1. The highest BCUT2D eigenvalue weighted by Crippen LogP contribution is 2.39. The van der Waals surface area contributed by atoms with Crippen LogP contribution in [0.1, 0.15) is 102 Å². The lowest BCUT2D eigenvalue weighted by Gasteiger charge is -2.29. The Bertz CT molecular complexity index is 1580. The van der Waals surface area contributed by atoms with E-state index in [4.69, 9.17) is 9.15 Å². The summed E-state index contributed by atoms with van der Waals surface area (Å²) in [4.78, 5) is 45.3. The quantitative estimate of drug-likeness (QED) is 0.195. The third kappa shape index (κ3) is 8.21. The number of carbonyl (C=O) groups excluding carboxylic acids is 3. The van der Waals surface area contributed by atoms with Crippen LogP contribution in [-0.2, 0) is 9.53 Å². The number of amides is 2. The molecule has 10 heteroatoms. The Kier molecular flexibility index (Phi) is 10.9. The molecule has 1 aromatic heterocycles. The lowest BCUT2D eigenvalue weighted by Crippen LogP contribution is -2.40. The maximum absolute atomic E-state index is 15.8. The minimum Gasteiger partial charge on any atom is -0.469 e. The summed E-state index contributed by atoms with van der Waals surface area (Å²) >= 11 is 0. The molecule has 2 aliphatic carbocycles. The number of aryl methyl sites for hydroxylation is 1. The molecule has 0 aliphatic heterocycles. The van der Waals surface area contributed by atoms with Gasteiger partial charge in [0.25, 0.3) is 11.8 Å². The van der Waals surface area contributed by atoms with Gasteiger partial charge in [-0.05, 0) is 69.1 Å². The van der Waals surface area contributed by atoms with Crippen LogP contribution in [0.3, 0.4) is 0 Å². The largest absolute Gasteiger partial charge is 0.469 e. The summed E-state index contributed by atoms with van der Waals surface area (Å²) in [6.07, 6.45) is 11.5. The van der Waals surface area contributed by atoms with Crippen LogP contribution in [0, 0.1) is 18.7 Å². The normalized spacial score (nSPS) is 17.9. The maximum Gasteiger partial charge on any atom is 0.308 e. The molecule has 9 nitrogen and oxygen atoms in total. The first kappa shape index (κ1) is 32.9. The van der Waals surface area contributed by atoms with E-state index in [0.29, 0.717) is 56.0 Å². The van der Waals surface area contributed by atoms with E-state index >= 15 is 4.39 Å². The van der Waals surface area contributed by atoms with Crippen molar-refractivity contribution in [2.75, 3.05) is 30.4 Å². The van der Waals surface area contributed by atoms with E-state index in [1.807, 2.05) is 24.0 Å². The van der Waals surface area contributed by atoms with Crippen LogP contribution in [0.15, 0.2) is 53.2 Å². The second kappa shape index (κ2) is 15.2. The molecule has 244 valence electrons.